The Morgan fingerprint density at radius 3 is 2.48 bits per heavy atom. The van der Waals surface area contributed by atoms with E-state index < -0.39 is 5.97 Å². The Morgan fingerprint density at radius 2 is 1.79 bits per heavy atom. The second-order valence-corrected chi connectivity index (χ2v) is 6.33. The van der Waals surface area contributed by atoms with Crippen LogP contribution in [0.3, 0.4) is 0 Å². The molecule has 0 aliphatic carbocycles. The standard InChI is InChI=1S/C21H20N4O4/c1-4-29-21(26)20-23-22-18-11-14-10-16(27-2)17(28-3)12-15(14)19(24-25(18)20)13-8-6-5-7-9-13/h5-10,12H,4,11H2,1-3H3. The summed E-state index contributed by atoms with van der Waals surface area (Å²) in [5, 5.41) is 12.9. The Labute approximate surface area is 167 Å². The molecule has 8 heteroatoms. The van der Waals surface area contributed by atoms with Crippen molar-refractivity contribution >= 4 is 11.7 Å². The van der Waals surface area contributed by atoms with Crippen LogP contribution in [-0.4, -0.2) is 47.4 Å². The Balaban J connectivity index is 1.97. The number of methoxy groups -OCH3 is 2. The van der Waals surface area contributed by atoms with E-state index in [0.29, 0.717) is 29.5 Å². The summed E-state index contributed by atoms with van der Waals surface area (Å²) in [6, 6.07) is 13.5. The Hall–Kier alpha value is -3.68. The molecule has 2 heterocycles. The molecule has 0 fully saturated rings. The summed E-state index contributed by atoms with van der Waals surface area (Å²) in [7, 11) is 3.18. The van der Waals surface area contributed by atoms with Gasteiger partial charge in [0.25, 0.3) is 5.82 Å². The summed E-state index contributed by atoms with van der Waals surface area (Å²) >= 11 is 0. The van der Waals surface area contributed by atoms with Gasteiger partial charge in [-0.1, -0.05) is 30.3 Å². The van der Waals surface area contributed by atoms with Crippen molar-refractivity contribution in [1.29, 1.82) is 0 Å². The summed E-state index contributed by atoms with van der Waals surface area (Å²) in [5.74, 6) is 1.22. The number of hydrogen-bond donors (Lipinski definition) is 0. The van der Waals surface area contributed by atoms with Gasteiger partial charge in [-0.3, -0.25) is 0 Å². The molecule has 1 aromatic heterocycles. The van der Waals surface area contributed by atoms with Gasteiger partial charge in [0, 0.05) is 17.5 Å². The monoisotopic (exact) mass is 392 g/mol. The zero-order valence-electron chi connectivity index (χ0n) is 16.4. The van der Waals surface area contributed by atoms with Crippen LogP contribution in [0.25, 0.3) is 0 Å². The van der Waals surface area contributed by atoms with Crippen LogP contribution in [0.4, 0.5) is 0 Å². The first-order chi connectivity index (χ1) is 14.2. The van der Waals surface area contributed by atoms with Gasteiger partial charge in [0.05, 0.1) is 26.5 Å². The highest BCUT2D eigenvalue weighted by Crippen LogP contribution is 2.34. The third-order valence-electron chi connectivity index (χ3n) is 4.62. The van der Waals surface area contributed by atoms with Crippen molar-refractivity contribution in [2.24, 2.45) is 5.10 Å². The van der Waals surface area contributed by atoms with Gasteiger partial charge in [0.2, 0.25) is 0 Å². The highest BCUT2D eigenvalue weighted by Gasteiger charge is 2.27. The smallest absolute Gasteiger partial charge is 0.378 e. The Kier molecular flexibility index (Phi) is 4.99. The third kappa shape index (κ3) is 3.33. The summed E-state index contributed by atoms with van der Waals surface area (Å²) in [6.07, 6.45) is 0.419. The predicted octanol–water partition coefficient (Wildman–Crippen LogP) is 2.68. The molecule has 0 unspecified atom stereocenters. The largest absolute Gasteiger partial charge is 0.493 e. The maximum absolute atomic E-state index is 12.4. The maximum Gasteiger partial charge on any atom is 0.378 e. The van der Waals surface area contributed by atoms with Crippen molar-refractivity contribution in [3.63, 3.8) is 0 Å². The molecule has 0 amide bonds. The average molecular weight is 392 g/mol. The van der Waals surface area contributed by atoms with Crippen molar-refractivity contribution in [3.05, 3.63) is 70.8 Å². The molecular weight excluding hydrogens is 372 g/mol. The molecule has 3 aromatic rings. The molecule has 0 spiro atoms. The van der Waals surface area contributed by atoms with Gasteiger partial charge in [-0.05, 0) is 24.6 Å². The van der Waals surface area contributed by atoms with Crippen molar-refractivity contribution in [2.75, 3.05) is 20.8 Å². The molecule has 0 saturated carbocycles. The zero-order chi connectivity index (χ0) is 20.4. The first kappa shape index (κ1) is 18.7. The fourth-order valence-electron chi connectivity index (χ4n) is 3.27. The minimum absolute atomic E-state index is 0.0435. The number of carbonyl (C=O) groups is 1. The van der Waals surface area contributed by atoms with Crippen molar-refractivity contribution in [2.45, 2.75) is 13.3 Å². The van der Waals surface area contributed by atoms with E-state index in [2.05, 4.69) is 10.2 Å². The number of benzene rings is 2. The number of fused-ring (bicyclic) bond motifs is 2. The predicted molar refractivity (Wildman–Crippen MR) is 106 cm³/mol. The summed E-state index contributed by atoms with van der Waals surface area (Å²) < 4.78 is 17.5. The van der Waals surface area contributed by atoms with Crippen LogP contribution in [-0.2, 0) is 11.2 Å². The number of hydrogen-bond acceptors (Lipinski definition) is 7. The zero-order valence-corrected chi connectivity index (χ0v) is 16.4. The van der Waals surface area contributed by atoms with Gasteiger partial charge in [0.1, 0.15) is 0 Å². The first-order valence-corrected chi connectivity index (χ1v) is 9.17. The van der Waals surface area contributed by atoms with Gasteiger partial charge >= 0.3 is 5.97 Å². The maximum atomic E-state index is 12.4. The second kappa shape index (κ2) is 7.75. The van der Waals surface area contributed by atoms with E-state index in [-0.39, 0.29) is 12.4 Å². The molecule has 0 radical (unpaired) electrons. The van der Waals surface area contributed by atoms with Crippen LogP contribution in [0.5, 0.6) is 11.5 Å². The van der Waals surface area contributed by atoms with Gasteiger partial charge in [-0.2, -0.15) is 9.78 Å². The molecule has 0 bridgehead atoms. The van der Waals surface area contributed by atoms with Crippen molar-refractivity contribution in [1.82, 2.24) is 14.9 Å². The number of nitrogens with zero attached hydrogens (tertiary/aromatic N) is 4. The van der Waals surface area contributed by atoms with Crippen molar-refractivity contribution < 1.29 is 19.0 Å². The highest BCUT2D eigenvalue weighted by molar-refractivity contribution is 6.14. The van der Waals surface area contributed by atoms with E-state index in [9.17, 15) is 4.79 Å². The van der Waals surface area contributed by atoms with Gasteiger partial charge in [0.15, 0.2) is 17.3 Å². The number of carbonyl (C=O) groups excluding carboxylic acids is 1. The van der Waals surface area contributed by atoms with Gasteiger partial charge in [-0.15, -0.1) is 10.2 Å². The number of esters is 1. The molecule has 4 rings (SSSR count). The van der Waals surface area contributed by atoms with Crippen LogP contribution in [0, 0.1) is 0 Å². The third-order valence-corrected chi connectivity index (χ3v) is 4.62. The number of rotatable bonds is 5. The van der Waals surface area contributed by atoms with Crippen LogP contribution in [0.2, 0.25) is 0 Å². The molecule has 1 aliphatic heterocycles. The molecule has 8 nitrogen and oxygen atoms in total. The lowest BCUT2D eigenvalue weighted by atomic mass is 9.95. The molecule has 0 atom stereocenters. The second-order valence-electron chi connectivity index (χ2n) is 6.33. The summed E-state index contributed by atoms with van der Waals surface area (Å²) in [4.78, 5) is 12.4. The molecule has 2 aromatic carbocycles. The van der Waals surface area contributed by atoms with Crippen LogP contribution in [0.1, 0.15) is 40.1 Å². The highest BCUT2D eigenvalue weighted by atomic mass is 16.5. The molecule has 29 heavy (non-hydrogen) atoms. The SMILES string of the molecule is CCOC(=O)c1nnc2n1N=C(c1ccccc1)c1cc(OC)c(OC)cc1C2. The quantitative estimate of drug-likeness (QED) is 0.485. The van der Waals surface area contributed by atoms with Crippen LogP contribution < -0.4 is 9.47 Å². The van der Waals surface area contributed by atoms with E-state index in [1.807, 2.05) is 42.5 Å². The topological polar surface area (TPSA) is 87.8 Å². The molecule has 0 N–H and O–H groups in total. The van der Waals surface area contributed by atoms with Gasteiger partial charge < -0.3 is 14.2 Å². The average Bonchev–Trinajstić information content (AvgIpc) is 3.07. The molecule has 1 aliphatic rings. The van der Waals surface area contributed by atoms with Crippen LogP contribution >= 0.6 is 0 Å². The molecular formula is C21H20N4O4. The summed E-state index contributed by atoms with van der Waals surface area (Å²) in [6.45, 7) is 1.98. The lowest BCUT2D eigenvalue weighted by Crippen LogP contribution is -2.14. The number of ether oxygens (including phenoxy) is 3. The van der Waals surface area contributed by atoms with Gasteiger partial charge in [-0.25, -0.2) is 4.79 Å². The van der Waals surface area contributed by atoms with Crippen molar-refractivity contribution in [3.8, 4) is 11.5 Å². The normalized spacial score (nSPS) is 12.3. The first-order valence-electron chi connectivity index (χ1n) is 9.17. The fourth-order valence-corrected chi connectivity index (χ4v) is 3.27. The van der Waals surface area contributed by atoms with E-state index in [1.165, 1.54) is 4.68 Å². The lowest BCUT2D eigenvalue weighted by molar-refractivity contribution is 0.0506. The van der Waals surface area contributed by atoms with E-state index in [0.717, 1.165) is 16.7 Å². The molecule has 148 valence electrons. The number of aromatic nitrogens is 3. The Bertz CT molecular complexity index is 1090. The minimum atomic E-state index is -0.566. The Morgan fingerprint density at radius 1 is 1.07 bits per heavy atom. The fraction of sp³-hybridized carbons (Fsp3) is 0.238. The summed E-state index contributed by atoms with van der Waals surface area (Å²) in [5.41, 5.74) is 3.36. The van der Waals surface area contributed by atoms with E-state index in [4.69, 9.17) is 19.3 Å². The molecule has 0 saturated heterocycles. The van der Waals surface area contributed by atoms with Crippen LogP contribution in [0.15, 0.2) is 47.6 Å². The van der Waals surface area contributed by atoms with E-state index in [1.54, 1.807) is 21.1 Å². The minimum Gasteiger partial charge on any atom is -0.493 e. The lowest BCUT2D eigenvalue weighted by Gasteiger charge is -2.14. The van der Waals surface area contributed by atoms with E-state index >= 15 is 0 Å².